The number of benzene rings is 2. The number of halogens is 1. The van der Waals surface area contributed by atoms with Gasteiger partial charge in [0.1, 0.15) is 0 Å². The van der Waals surface area contributed by atoms with Crippen LogP contribution in [0.3, 0.4) is 0 Å². The maximum Gasteiger partial charge on any atom is 0.258 e. The predicted molar refractivity (Wildman–Crippen MR) is 81.0 cm³/mol. The van der Waals surface area contributed by atoms with Crippen LogP contribution in [0.4, 0.5) is 5.69 Å². The van der Waals surface area contributed by atoms with E-state index in [1.807, 2.05) is 43.3 Å². The minimum absolute atomic E-state index is 0.218. The van der Waals surface area contributed by atoms with Crippen LogP contribution in [0.1, 0.15) is 17.2 Å². The van der Waals surface area contributed by atoms with Crippen LogP contribution in [0, 0.1) is 6.92 Å². The monoisotopic (exact) mass is 289 g/mol. The largest absolute Gasteiger partial charge is 0.367 e. The Labute approximate surface area is 123 Å². The van der Waals surface area contributed by atoms with Crippen LogP contribution in [0.2, 0.25) is 5.02 Å². The molecule has 0 saturated carbocycles. The second-order valence-electron chi connectivity index (χ2n) is 4.43. The summed E-state index contributed by atoms with van der Waals surface area (Å²) in [6, 6.07) is 14.8. The minimum Gasteiger partial charge on any atom is -0.367 e. The van der Waals surface area contributed by atoms with Crippen LogP contribution in [0.5, 0.6) is 0 Å². The molecule has 0 fully saturated rings. The summed E-state index contributed by atoms with van der Waals surface area (Å²) in [6.07, 6.45) is -0.644. The molecule has 0 aromatic heterocycles. The van der Waals surface area contributed by atoms with E-state index < -0.39 is 6.10 Å². The first-order valence-electron chi connectivity index (χ1n) is 6.27. The average Bonchev–Trinajstić information content (AvgIpc) is 2.46. The van der Waals surface area contributed by atoms with E-state index in [1.54, 1.807) is 12.1 Å². The first kappa shape index (κ1) is 14.6. The van der Waals surface area contributed by atoms with Crippen molar-refractivity contribution in [2.45, 2.75) is 13.0 Å². The summed E-state index contributed by atoms with van der Waals surface area (Å²) < 4.78 is 5.30. The molecule has 1 amide bonds. The lowest BCUT2D eigenvalue weighted by Crippen LogP contribution is -2.23. The molecule has 0 heterocycles. The summed E-state index contributed by atoms with van der Waals surface area (Å²) in [5.74, 6) is -0.218. The third-order valence-corrected chi connectivity index (χ3v) is 3.51. The minimum atomic E-state index is -0.644. The summed E-state index contributed by atoms with van der Waals surface area (Å²) in [6.45, 7) is 1.86. The molecule has 0 aliphatic heterocycles. The molecule has 0 aliphatic rings. The smallest absolute Gasteiger partial charge is 0.258 e. The van der Waals surface area contributed by atoms with Crippen molar-refractivity contribution in [1.29, 1.82) is 0 Å². The van der Waals surface area contributed by atoms with Crippen LogP contribution in [0.25, 0.3) is 0 Å². The van der Waals surface area contributed by atoms with Gasteiger partial charge in [-0.15, -0.1) is 0 Å². The van der Waals surface area contributed by atoms with Gasteiger partial charge in [0, 0.05) is 17.8 Å². The zero-order valence-corrected chi connectivity index (χ0v) is 12.1. The number of anilines is 1. The molecule has 3 nitrogen and oxygen atoms in total. The molecule has 2 aromatic rings. The molecule has 104 valence electrons. The fourth-order valence-electron chi connectivity index (χ4n) is 1.96. The lowest BCUT2D eigenvalue weighted by Gasteiger charge is -2.17. The average molecular weight is 290 g/mol. The number of rotatable bonds is 4. The van der Waals surface area contributed by atoms with Gasteiger partial charge in [0.05, 0.1) is 0 Å². The van der Waals surface area contributed by atoms with Crippen molar-refractivity contribution in [3.8, 4) is 0 Å². The number of hydrogen-bond acceptors (Lipinski definition) is 2. The number of nitrogens with one attached hydrogen (secondary N) is 1. The zero-order chi connectivity index (χ0) is 14.5. The summed E-state index contributed by atoms with van der Waals surface area (Å²) in [5, 5.41) is 3.47. The Bertz CT molecular complexity index is 599. The maximum atomic E-state index is 12.3. The van der Waals surface area contributed by atoms with E-state index >= 15 is 0 Å². The quantitative estimate of drug-likeness (QED) is 0.925. The third-order valence-electron chi connectivity index (χ3n) is 3.10. The lowest BCUT2D eigenvalue weighted by molar-refractivity contribution is -0.126. The molecule has 0 radical (unpaired) electrons. The van der Waals surface area contributed by atoms with E-state index in [-0.39, 0.29) is 5.91 Å². The molecular weight excluding hydrogens is 274 g/mol. The van der Waals surface area contributed by atoms with Crippen molar-refractivity contribution in [3.63, 3.8) is 0 Å². The van der Waals surface area contributed by atoms with Gasteiger partial charge in [-0.2, -0.15) is 0 Å². The third kappa shape index (κ3) is 3.18. The van der Waals surface area contributed by atoms with Gasteiger partial charge in [-0.3, -0.25) is 4.79 Å². The van der Waals surface area contributed by atoms with Gasteiger partial charge in [-0.05, 0) is 30.2 Å². The van der Waals surface area contributed by atoms with Crippen molar-refractivity contribution in [1.82, 2.24) is 0 Å². The Morgan fingerprint density at radius 3 is 2.50 bits per heavy atom. The van der Waals surface area contributed by atoms with E-state index in [0.29, 0.717) is 10.7 Å². The number of methoxy groups -OCH3 is 1. The highest BCUT2D eigenvalue weighted by Crippen LogP contribution is 2.25. The molecule has 0 bridgehead atoms. The molecule has 4 heteroatoms. The summed E-state index contributed by atoms with van der Waals surface area (Å²) >= 11 is 6.05. The van der Waals surface area contributed by atoms with Gasteiger partial charge in [0.25, 0.3) is 5.91 Å². The molecule has 1 atom stereocenters. The summed E-state index contributed by atoms with van der Waals surface area (Å²) in [5.41, 5.74) is 2.35. The first-order valence-corrected chi connectivity index (χ1v) is 6.65. The van der Waals surface area contributed by atoms with Crippen LogP contribution in [-0.2, 0) is 9.53 Å². The number of carbonyl (C=O) groups is 1. The Morgan fingerprint density at radius 1 is 1.15 bits per heavy atom. The van der Waals surface area contributed by atoms with Gasteiger partial charge in [-0.25, -0.2) is 0 Å². The second-order valence-corrected chi connectivity index (χ2v) is 4.84. The Hall–Kier alpha value is -1.84. The molecular formula is C16H16ClNO2. The van der Waals surface area contributed by atoms with Gasteiger partial charge in [-0.1, -0.05) is 48.0 Å². The lowest BCUT2D eigenvalue weighted by atomic mass is 10.1. The molecule has 2 aromatic carbocycles. The highest BCUT2D eigenvalue weighted by molar-refractivity contribution is 6.31. The molecule has 2 rings (SSSR count). The molecule has 0 saturated heterocycles. The topological polar surface area (TPSA) is 38.3 Å². The van der Waals surface area contributed by atoms with Gasteiger partial charge >= 0.3 is 0 Å². The van der Waals surface area contributed by atoms with Crippen LogP contribution in [0.15, 0.2) is 48.5 Å². The van der Waals surface area contributed by atoms with Crippen molar-refractivity contribution in [2.24, 2.45) is 0 Å². The highest BCUT2D eigenvalue weighted by Gasteiger charge is 2.20. The fourth-order valence-corrected chi connectivity index (χ4v) is 2.14. The normalized spacial score (nSPS) is 11.9. The Morgan fingerprint density at radius 2 is 1.85 bits per heavy atom. The molecule has 0 spiro atoms. The SMILES string of the molecule is CO[C@@H](C(=O)Nc1cccc(Cl)c1C)c1ccccc1. The van der Waals surface area contributed by atoms with Crippen molar-refractivity contribution < 1.29 is 9.53 Å². The standard InChI is InChI=1S/C16H16ClNO2/c1-11-13(17)9-6-10-14(11)18-16(19)15(20-2)12-7-4-3-5-8-12/h3-10,15H,1-2H3,(H,18,19)/t15-/m1/s1. The Balaban J connectivity index is 2.20. The molecule has 1 N–H and O–H groups in total. The van der Waals surface area contributed by atoms with Gasteiger partial charge < -0.3 is 10.1 Å². The van der Waals surface area contributed by atoms with Crippen molar-refractivity contribution in [3.05, 3.63) is 64.7 Å². The first-order chi connectivity index (χ1) is 9.63. The van der Waals surface area contributed by atoms with Crippen LogP contribution < -0.4 is 5.32 Å². The van der Waals surface area contributed by atoms with Crippen molar-refractivity contribution >= 4 is 23.2 Å². The summed E-state index contributed by atoms with van der Waals surface area (Å²) in [4.78, 5) is 12.3. The van der Waals surface area contributed by atoms with Crippen LogP contribution >= 0.6 is 11.6 Å². The van der Waals surface area contributed by atoms with E-state index in [9.17, 15) is 4.79 Å². The van der Waals surface area contributed by atoms with Crippen molar-refractivity contribution in [2.75, 3.05) is 12.4 Å². The fraction of sp³-hybridized carbons (Fsp3) is 0.188. The number of carbonyl (C=O) groups excluding carboxylic acids is 1. The second kappa shape index (κ2) is 6.55. The number of amides is 1. The molecule has 0 unspecified atom stereocenters. The zero-order valence-electron chi connectivity index (χ0n) is 11.4. The molecule has 20 heavy (non-hydrogen) atoms. The highest BCUT2D eigenvalue weighted by atomic mass is 35.5. The van der Waals surface area contributed by atoms with E-state index in [4.69, 9.17) is 16.3 Å². The maximum absolute atomic E-state index is 12.3. The molecule has 0 aliphatic carbocycles. The van der Waals surface area contributed by atoms with E-state index in [2.05, 4.69) is 5.32 Å². The summed E-state index contributed by atoms with van der Waals surface area (Å²) in [7, 11) is 1.52. The van der Waals surface area contributed by atoms with E-state index in [1.165, 1.54) is 7.11 Å². The van der Waals surface area contributed by atoms with E-state index in [0.717, 1.165) is 11.1 Å². The predicted octanol–water partition coefficient (Wildman–Crippen LogP) is 3.97. The number of hydrogen-bond donors (Lipinski definition) is 1. The van der Waals surface area contributed by atoms with Crippen LogP contribution in [-0.4, -0.2) is 13.0 Å². The van der Waals surface area contributed by atoms with Gasteiger partial charge in [0.15, 0.2) is 6.10 Å². The Kier molecular flexibility index (Phi) is 4.77. The van der Waals surface area contributed by atoms with Gasteiger partial charge in [0.2, 0.25) is 0 Å². The number of ether oxygens (including phenoxy) is 1.